The fourth-order valence-corrected chi connectivity index (χ4v) is 3.85. The average molecular weight is 530 g/mol. The van der Waals surface area contributed by atoms with E-state index in [4.69, 9.17) is 29.3 Å². The number of aliphatic carboxylic acids is 2. The molecule has 2 N–H and O–H groups in total. The molecule has 1 spiro atoms. The minimum atomic E-state index is -5.08. The molecule has 1 atom stereocenters. The Balaban J connectivity index is 0.000000271. The van der Waals surface area contributed by atoms with Crippen LogP contribution in [0.3, 0.4) is 0 Å². The maximum Gasteiger partial charge on any atom is 0.490 e. The van der Waals surface area contributed by atoms with Crippen LogP contribution < -0.4 is 4.74 Å². The lowest BCUT2D eigenvalue weighted by atomic mass is 9.76. The third-order valence-electron chi connectivity index (χ3n) is 5.97. The molecule has 36 heavy (non-hydrogen) atoms. The molecule has 1 saturated carbocycles. The number of nitrogens with zero attached hydrogens (tertiary/aromatic N) is 2. The number of carboxylic acid groups (broad SMARTS) is 2. The zero-order chi connectivity index (χ0) is 27.0. The molecule has 0 amide bonds. The van der Waals surface area contributed by atoms with Crippen molar-refractivity contribution in [2.24, 2.45) is 11.3 Å². The van der Waals surface area contributed by atoms with Gasteiger partial charge < -0.3 is 24.6 Å². The topological polar surface area (TPSA) is 109 Å². The van der Waals surface area contributed by atoms with E-state index in [0.717, 1.165) is 24.7 Å². The highest BCUT2D eigenvalue weighted by atomic mass is 19.4. The van der Waals surface area contributed by atoms with E-state index in [1.807, 2.05) is 12.1 Å². The van der Waals surface area contributed by atoms with Crippen LogP contribution in [0, 0.1) is 11.3 Å². The Morgan fingerprint density at radius 2 is 1.64 bits per heavy atom. The smallest absolute Gasteiger partial charge is 0.489 e. The van der Waals surface area contributed by atoms with Crippen molar-refractivity contribution >= 4 is 11.9 Å². The Hall–Kier alpha value is -2.61. The molecule has 1 unspecified atom stereocenters. The Bertz CT molecular complexity index is 816. The van der Waals surface area contributed by atoms with E-state index < -0.39 is 24.3 Å². The lowest BCUT2D eigenvalue weighted by molar-refractivity contribution is -0.193. The van der Waals surface area contributed by atoms with E-state index in [-0.39, 0.29) is 6.10 Å². The van der Waals surface area contributed by atoms with Crippen molar-refractivity contribution in [1.29, 1.82) is 0 Å². The second kappa shape index (κ2) is 12.6. The molecule has 2 aliphatic heterocycles. The first-order valence-corrected chi connectivity index (χ1v) is 11.2. The predicted octanol–water partition coefficient (Wildman–Crippen LogP) is 4.01. The van der Waals surface area contributed by atoms with Crippen molar-refractivity contribution in [3.63, 3.8) is 0 Å². The van der Waals surface area contributed by atoms with Crippen molar-refractivity contribution in [2.45, 2.75) is 50.6 Å². The van der Waals surface area contributed by atoms with Gasteiger partial charge in [0.2, 0.25) is 0 Å². The van der Waals surface area contributed by atoms with Gasteiger partial charge in [-0.25, -0.2) is 9.59 Å². The van der Waals surface area contributed by atoms with Crippen LogP contribution in [0.2, 0.25) is 0 Å². The molecule has 8 nitrogen and oxygen atoms in total. The maximum absolute atomic E-state index is 10.6. The highest BCUT2D eigenvalue weighted by Gasteiger charge is 2.43. The first kappa shape index (κ1) is 29.6. The van der Waals surface area contributed by atoms with Crippen LogP contribution in [-0.2, 0) is 14.3 Å². The van der Waals surface area contributed by atoms with Crippen molar-refractivity contribution in [3.05, 3.63) is 24.5 Å². The number of rotatable bonds is 5. The summed E-state index contributed by atoms with van der Waals surface area (Å²) >= 11 is 0. The van der Waals surface area contributed by atoms with Crippen molar-refractivity contribution in [3.8, 4) is 5.75 Å². The van der Waals surface area contributed by atoms with Crippen LogP contribution in [0.1, 0.15) is 32.1 Å². The van der Waals surface area contributed by atoms with Crippen molar-refractivity contribution in [2.75, 3.05) is 32.8 Å². The summed E-state index contributed by atoms with van der Waals surface area (Å²) in [4.78, 5) is 24.5. The van der Waals surface area contributed by atoms with Gasteiger partial charge in [0.05, 0.1) is 18.9 Å². The highest BCUT2D eigenvalue weighted by Crippen LogP contribution is 2.43. The molecule has 2 saturated heterocycles. The number of hydrogen-bond donors (Lipinski definition) is 2. The number of aromatic nitrogens is 1. The van der Waals surface area contributed by atoms with E-state index in [1.54, 1.807) is 12.4 Å². The SMILES string of the molecule is O=C(O)C(F)(F)F.O=C(O)C(F)(F)F.c1cncc(OCC2CC3(CCN(CC4CC4)CC3)CO2)c1. The molecule has 1 aliphatic carbocycles. The fraction of sp³-hybridized carbons (Fsp3) is 0.682. The standard InChI is InChI=1S/C18H26N2O2.2C2HF3O2/c1-2-16(11-19-7-1)21-13-17-10-18(14-22-17)5-8-20(9-6-18)12-15-3-4-15;2*3-2(4,5)1(6)7/h1-2,7,11,15,17H,3-6,8-10,12-14H2;2*(H,6,7). The maximum atomic E-state index is 10.6. The Kier molecular flexibility index (Phi) is 10.3. The summed E-state index contributed by atoms with van der Waals surface area (Å²) in [5.74, 6) is -3.67. The van der Waals surface area contributed by atoms with Gasteiger partial charge in [0.1, 0.15) is 12.4 Å². The predicted molar refractivity (Wildman–Crippen MR) is 112 cm³/mol. The van der Waals surface area contributed by atoms with Crippen LogP contribution in [0.15, 0.2) is 24.5 Å². The number of ether oxygens (including phenoxy) is 2. The number of likely N-dealkylation sites (tertiary alicyclic amines) is 1. The Morgan fingerprint density at radius 3 is 2.08 bits per heavy atom. The summed E-state index contributed by atoms with van der Waals surface area (Å²) in [5, 5.41) is 14.2. The van der Waals surface area contributed by atoms with E-state index in [2.05, 4.69) is 9.88 Å². The number of piperidine rings is 1. The lowest BCUT2D eigenvalue weighted by Gasteiger charge is -2.38. The second-order valence-corrected chi connectivity index (χ2v) is 8.99. The van der Waals surface area contributed by atoms with Crippen LogP contribution in [0.25, 0.3) is 0 Å². The highest BCUT2D eigenvalue weighted by molar-refractivity contribution is 5.73. The zero-order valence-corrected chi connectivity index (χ0v) is 19.2. The minimum absolute atomic E-state index is 0.246. The molecule has 1 aromatic heterocycles. The quantitative estimate of drug-likeness (QED) is 0.550. The van der Waals surface area contributed by atoms with E-state index in [9.17, 15) is 26.3 Å². The summed E-state index contributed by atoms with van der Waals surface area (Å²) < 4.78 is 75.3. The summed E-state index contributed by atoms with van der Waals surface area (Å²) in [6.07, 6.45) is 0.272. The van der Waals surface area contributed by atoms with E-state index in [0.29, 0.717) is 12.0 Å². The third kappa shape index (κ3) is 10.6. The molecular weight excluding hydrogens is 502 g/mol. The summed E-state index contributed by atoms with van der Waals surface area (Å²) in [5.41, 5.74) is 0.420. The van der Waals surface area contributed by atoms with Crippen LogP contribution in [0.4, 0.5) is 26.3 Å². The Morgan fingerprint density at radius 1 is 1.08 bits per heavy atom. The molecule has 4 rings (SSSR count). The third-order valence-corrected chi connectivity index (χ3v) is 5.97. The lowest BCUT2D eigenvalue weighted by Crippen LogP contribution is -2.41. The van der Waals surface area contributed by atoms with E-state index >= 15 is 0 Å². The normalized spacial score (nSPS) is 21.6. The molecule has 3 heterocycles. The molecule has 3 fully saturated rings. The van der Waals surface area contributed by atoms with Gasteiger partial charge in [0, 0.05) is 12.7 Å². The molecule has 3 aliphatic rings. The molecule has 0 bridgehead atoms. The molecule has 0 radical (unpaired) electrons. The first-order chi connectivity index (χ1) is 16.7. The van der Waals surface area contributed by atoms with Gasteiger partial charge in [-0.05, 0) is 68.7 Å². The first-order valence-electron chi connectivity index (χ1n) is 11.2. The number of hydrogen-bond acceptors (Lipinski definition) is 6. The van der Waals surface area contributed by atoms with E-state index in [1.165, 1.54) is 45.3 Å². The average Bonchev–Trinajstić information content (AvgIpc) is 3.53. The van der Waals surface area contributed by atoms with Crippen LogP contribution in [0.5, 0.6) is 5.75 Å². The number of pyridine rings is 1. The second-order valence-electron chi connectivity index (χ2n) is 8.99. The van der Waals surface area contributed by atoms with Gasteiger partial charge in [-0.15, -0.1) is 0 Å². The monoisotopic (exact) mass is 530 g/mol. The Labute approximate surface area is 203 Å². The van der Waals surface area contributed by atoms with Gasteiger partial charge in [0.25, 0.3) is 0 Å². The molecule has 14 heteroatoms. The number of carboxylic acids is 2. The van der Waals surface area contributed by atoms with Gasteiger partial charge >= 0.3 is 24.3 Å². The van der Waals surface area contributed by atoms with Gasteiger partial charge in [-0.1, -0.05) is 0 Å². The zero-order valence-electron chi connectivity index (χ0n) is 19.2. The molecule has 0 aromatic carbocycles. The van der Waals surface area contributed by atoms with Crippen LogP contribution in [-0.4, -0.2) is 83.3 Å². The van der Waals surface area contributed by atoms with Gasteiger partial charge in [0.15, 0.2) is 0 Å². The molecular formula is C22H28F6N2O6. The largest absolute Gasteiger partial charge is 0.490 e. The summed E-state index contributed by atoms with van der Waals surface area (Å²) in [6.45, 7) is 5.43. The number of carbonyl (C=O) groups is 2. The number of alkyl halides is 6. The van der Waals surface area contributed by atoms with Crippen molar-refractivity contribution < 1.29 is 55.6 Å². The fourth-order valence-electron chi connectivity index (χ4n) is 3.85. The van der Waals surface area contributed by atoms with Crippen molar-refractivity contribution in [1.82, 2.24) is 9.88 Å². The molecule has 204 valence electrons. The summed E-state index contributed by atoms with van der Waals surface area (Å²) in [7, 11) is 0. The van der Waals surface area contributed by atoms with Crippen LogP contribution >= 0.6 is 0 Å². The van der Waals surface area contributed by atoms with Gasteiger partial charge in [-0.2, -0.15) is 26.3 Å². The molecule has 1 aromatic rings. The number of halogens is 6. The van der Waals surface area contributed by atoms with Gasteiger partial charge in [-0.3, -0.25) is 4.98 Å². The minimum Gasteiger partial charge on any atom is -0.489 e. The summed E-state index contributed by atoms with van der Waals surface area (Å²) in [6, 6.07) is 3.86.